The number of carbonyl (C=O) groups excluding carboxylic acids is 1. The minimum Gasteiger partial charge on any atom is -0.352 e. The predicted molar refractivity (Wildman–Crippen MR) is 146 cm³/mol. The molecule has 184 valence electrons. The van der Waals surface area contributed by atoms with Crippen molar-refractivity contribution in [3.8, 4) is 0 Å². The Hall–Kier alpha value is -2.14. The van der Waals surface area contributed by atoms with E-state index in [9.17, 15) is 4.79 Å². The first-order chi connectivity index (χ1) is 16.7. The number of halogens is 1. The van der Waals surface area contributed by atoms with Gasteiger partial charge in [-0.2, -0.15) is 0 Å². The molecule has 2 aromatic carbocycles. The lowest BCUT2D eigenvalue weighted by atomic mass is 10.1. The third kappa shape index (κ3) is 8.57. The summed E-state index contributed by atoms with van der Waals surface area (Å²) in [5, 5.41) is 3.04. The molecule has 0 saturated carbocycles. The molecule has 0 unspecified atom stereocenters. The van der Waals surface area contributed by atoms with Gasteiger partial charge in [-0.3, -0.25) is 4.79 Å². The molecule has 1 aromatic heterocycles. The van der Waals surface area contributed by atoms with Gasteiger partial charge in [0.2, 0.25) is 0 Å². The van der Waals surface area contributed by atoms with Crippen LogP contribution in [0, 0.1) is 0 Å². The Morgan fingerprint density at radius 1 is 0.853 bits per heavy atom. The van der Waals surface area contributed by atoms with Crippen LogP contribution in [0.1, 0.15) is 93.7 Å². The number of aryl methyl sites for hydroxylation is 2. The lowest BCUT2D eigenvalue weighted by Gasteiger charge is -2.10. The second kappa shape index (κ2) is 15.0. The molecule has 0 spiro atoms. The van der Waals surface area contributed by atoms with Crippen LogP contribution in [0.3, 0.4) is 0 Å². The van der Waals surface area contributed by atoms with Crippen molar-refractivity contribution in [2.45, 2.75) is 90.5 Å². The van der Waals surface area contributed by atoms with Gasteiger partial charge in [-0.25, -0.2) is 4.98 Å². The van der Waals surface area contributed by atoms with Crippen LogP contribution in [-0.4, -0.2) is 22.0 Å². The first-order valence-electron chi connectivity index (χ1n) is 13.2. The average Bonchev–Trinajstić information content (AvgIpc) is 3.20. The SMILES string of the molecule is CCCCCCCCCCCCn1c(CCCNC(=O)c2ccc(Br)cc2)nc2ccccc21. The third-order valence-corrected chi connectivity index (χ3v) is 6.97. The van der Waals surface area contributed by atoms with E-state index in [0.29, 0.717) is 12.1 Å². The summed E-state index contributed by atoms with van der Waals surface area (Å²) >= 11 is 3.41. The predicted octanol–water partition coefficient (Wildman–Crippen LogP) is 8.08. The highest BCUT2D eigenvalue weighted by molar-refractivity contribution is 9.10. The van der Waals surface area contributed by atoms with Crippen LogP contribution in [0.25, 0.3) is 11.0 Å². The topological polar surface area (TPSA) is 46.9 Å². The van der Waals surface area contributed by atoms with Crippen molar-refractivity contribution < 1.29 is 4.79 Å². The van der Waals surface area contributed by atoms with Crippen molar-refractivity contribution >= 4 is 32.9 Å². The second-order valence-corrected chi connectivity index (χ2v) is 10.1. The van der Waals surface area contributed by atoms with Gasteiger partial charge in [0.1, 0.15) is 5.82 Å². The molecule has 3 rings (SSSR count). The van der Waals surface area contributed by atoms with Gasteiger partial charge in [0.25, 0.3) is 5.91 Å². The van der Waals surface area contributed by atoms with E-state index >= 15 is 0 Å². The first kappa shape index (κ1) is 26.5. The highest BCUT2D eigenvalue weighted by Gasteiger charge is 2.11. The summed E-state index contributed by atoms with van der Waals surface area (Å²) in [7, 11) is 0. The number of hydrogen-bond acceptors (Lipinski definition) is 2. The van der Waals surface area contributed by atoms with Crippen LogP contribution in [0.2, 0.25) is 0 Å². The zero-order valence-electron chi connectivity index (χ0n) is 20.7. The molecule has 34 heavy (non-hydrogen) atoms. The van der Waals surface area contributed by atoms with Crippen LogP contribution >= 0.6 is 15.9 Å². The molecule has 3 aromatic rings. The van der Waals surface area contributed by atoms with Crippen molar-refractivity contribution in [1.29, 1.82) is 0 Å². The van der Waals surface area contributed by atoms with Crippen LogP contribution in [0.4, 0.5) is 0 Å². The summed E-state index contributed by atoms with van der Waals surface area (Å²) < 4.78 is 3.38. The number of nitrogens with zero attached hydrogens (tertiary/aromatic N) is 2. The number of amides is 1. The number of nitrogens with one attached hydrogen (secondary N) is 1. The largest absolute Gasteiger partial charge is 0.352 e. The maximum atomic E-state index is 12.3. The van der Waals surface area contributed by atoms with E-state index in [1.165, 1.54) is 69.7 Å². The van der Waals surface area contributed by atoms with E-state index in [1.54, 1.807) is 0 Å². The Balaban J connectivity index is 1.42. The van der Waals surface area contributed by atoms with E-state index in [0.717, 1.165) is 35.2 Å². The first-order valence-corrected chi connectivity index (χ1v) is 14.0. The molecule has 1 heterocycles. The number of imidazole rings is 1. The molecule has 4 nitrogen and oxygen atoms in total. The summed E-state index contributed by atoms with van der Waals surface area (Å²) in [4.78, 5) is 17.2. The Kier molecular flexibility index (Phi) is 11.7. The number of carbonyl (C=O) groups is 1. The summed E-state index contributed by atoms with van der Waals surface area (Å²) in [5.74, 6) is 1.11. The number of aromatic nitrogens is 2. The summed E-state index contributed by atoms with van der Waals surface area (Å²) in [6.07, 6.45) is 15.2. The van der Waals surface area contributed by atoms with Gasteiger partial charge < -0.3 is 9.88 Å². The smallest absolute Gasteiger partial charge is 0.251 e. The molecule has 1 N–H and O–H groups in total. The minimum absolute atomic E-state index is 0.0219. The van der Waals surface area contributed by atoms with Gasteiger partial charge in [-0.1, -0.05) is 92.8 Å². The van der Waals surface area contributed by atoms with Crippen molar-refractivity contribution in [2.24, 2.45) is 0 Å². The molecule has 0 bridgehead atoms. The van der Waals surface area contributed by atoms with Crippen LogP contribution in [0.15, 0.2) is 53.0 Å². The molecule has 0 atom stereocenters. The van der Waals surface area contributed by atoms with Gasteiger partial charge in [0.05, 0.1) is 11.0 Å². The molecule has 1 amide bonds. The Labute approximate surface area is 213 Å². The van der Waals surface area contributed by atoms with Gasteiger partial charge in [-0.15, -0.1) is 0 Å². The lowest BCUT2D eigenvalue weighted by Crippen LogP contribution is -2.25. The quantitative estimate of drug-likeness (QED) is 0.192. The second-order valence-electron chi connectivity index (χ2n) is 9.22. The van der Waals surface area contributed by atoms with Crippen molar-refractivity contribution in [3.05, 3.63) is 64.4 Å². The van der Waals surface area contributed by atoms with Crippen molar-refractivity contribution in [1.82, 2.24) is 14.9 Å². The average molecular weight is 527 g/mol. The number of hydrogen-bond donors (Lipinski definition) is 1. The monoisotopic (exact) mass is 525 g/mol. The van der Waals surface area contributed by atoms with Crippen molar-refractivity contribution in [2.75, 3.05) is 6.54 Å². The Morgan fingerprint density at radius 2 is 1.50 bits per heavy atom. The van der Waals surface area contributed by atoms with Gasteiger partial charge in [0.15, 0.2) is 0 Å². The van der Waals surface area contributed by atoms with Gasteiger partial charge >= 0.3 is 0 Å². The molecule has 0 aliphatic rings. The molecule has 5 heteroatoms. The van der Waals surface area contributed by atoms with Crippen LogP contribution < -0.4 is 5.32 Å². The highest BCUT2D eigenvalue weighted by atomic mass is 79.9. The third-order valence-electron chi connectivity index (χ3n) is 6.44. The van der Waals surface area contributed by atoms with E-state index in [1.807, 2.05) is 24.3 Å². The molecule has 0 saturated heterocycles. The molecular formula is C29H40BrN3O. The zero-order chi connectivity index (χ0) is 24.0. The number of fused-ring (bicyclic) bond motifs is 1. The standard InChI is InChI=1S/C29H40BrN3O/c1-2-3-4-5-6-7-8-9-10-13-23-33-27-16-12-11-15-26(27)32-28(33)17-14-22-31-29(34)24-18-20-25(30)21-19-24/h11-12,15-16,18-21H,2-10,13-14,17,22-23H2,1H3,(H,31,34). The summed E-state index contributed by atoms with van der Waals surface area (Å²) in [5.41, 5.74) is 2.99. The van der Waals surface area contributed by atoms with E-state index in [4.69, 9.17) is 4.98 Å². The van der Waals surface area contributed by atoms with Crippen LogP contribution in [-0.2, 0) is 13.0 Å². The van der Waals surface area contributed by atoms with Crippen LogP contribution in [0.5, 0.6) is 0 Å². The molecule has 0 radical (unpaired) electrons. The Morgan fingerprint density at radius 3 is 2.21 bits per heavy atom. The number of para-hydroxylation sites is 2. The number of benzene rings is 2. The fourth-order valence-corrected chi connectivity index (χ4v) is 4.74. The molecule has 0 aliphatic carbocycles. The molecule has 0 fully saturated rings. The van der Waals surface area contributed by atoms with Gasteiger partial charge in [0, 0.05) is 29.5 Å². The van der Waals surface area contributed by atoms with E-state index in [-0.39, 0.29) is 5.91 Å². The summed E-state index contributed by atoms with van der Waals surface area (Å²) in [6, 6.07) is 15.9. The zero-order valence-corrected chi connectivity index (χ0v) is 22.3. The maximum Gasteiger partial charge on any atom is 0.251 e. The lowest BCUT2D eigenvalue weighted by molar-refractivity contribution is 0.0953. The van der Waals surface area contributed by atoms with Crippen molar-refractivity contribution in [3.63, 3.8) is 0 Å². The number of unbranched alkanes of at least 4 members (excludes halogenated alkanes) is 9. The van der Waals surface area contributed by atoms with E-state index < -0.39 is 0 Å². The molecule has 0 aliphatic heterocycles. The van der Waals surface area contributed by atoms with E-state index in [2.05, 4.69) is 57.0 Å². The summed E-state index contributed by atoms with van der Waals surface area (Å²) in [6.45, 7) is 3.95. The normalized spacial score (nSPS) is 11.2. The Bertz CT molecular complexity index is 996. The maximum absolute atomic E-state index is 12.3. The fraction of sp³-hybridized carbons (Fsp3) is 0.517. The fourth-order valence-electron chi connectivity index (χ4n) is 4.47. The minimum atomic E-state index is -0.0219. The number of rotatable bonds is 16. The van der Waals surface area contributed by atoms with Gasteiger partial charge in [-0.05, 0) is 49.2 Å². The molecular weight excluding hydrogens is 486 g/mol. The highest BCUT2D eigenvalue weighted by Crippen LogP contribution is 2.19.